The van der Waals surface area contributed by atoms with Crippen molar-refractivity contribution in [3.63, 3.8) is 0 Å². The quantitative estimate of drug-likeness (QED) is 0.429. The molecule has 0 nitrogen and oxygen atoms in total. The van der Waals surface area contributed by atoms with Gasteiger partial charge in [-0.3, -0.25) is 0 Å². The summed E-state index contributed by atoms with van der Waals surface area (Å²) in [5.41, 5.74) is 0. The molecule has 0 saturated heterocycles. The van der Waals surface area contributed by atoms with Gasteiger partial charge >= 0.3 is 0 Å². The Hall–Kier alpha value is 0.580. The first-order chi connectivity index (χ1) is 6.85. The first-order valence-corrected chi connectivity index (χ1v) is 6.94. The van der Waals surface area contributed by atoms with Crippen molar-refractivity contribution in [2.75, 3.05) is 5.88 Å². The van der Waals surface area contributed by atoms with Gasteiger partial charge in [0.25, 0.3) is 0 Å². The fourth-order valence-electron chi connectivity index (χ4n) is 2.05. The Bertz CT molecular complexity index is 94.7. The minimum absolute atomic E-state index is 0. The third-order valence-corrected chi connectivity index (χ3v) is 3.18. The summed E-state index contributed by atoms with van der Waals surface area (Å²) in [5.74, 6) is 1.94. The van der Waals surface area contributed by atoms with E-state index in [1.165, 1.54) is 57.8 Å². The molecule has 0 heterocycles. The maximum Gasteiger partial charge on any atom is 0.0223 e. The third-order valence-electron chi connectivity index (χ3n) is 2.91. The Morgan fingerprint density at radius 1 is 1.00 bits per heavy atom. The molecule has 0 aliphatic heterocycles. The van der Waals surface area contributed by atoms with Gasteiger partial charge < -0.3 is 0 Å². The van der Waals surface area contributed by atoms with Gasteiger partial charge in [0, 0.05) is 5.88 Å². The summed E-state index contributed by atoms with van der Waals surface area (Å²) in [4.78, 5) is 0. The second-order valence-corrected chi connectivity index (χ2v) is 4.71. The molecular formula is C13H28Cl2. The molecule has 1 rings (SSSR count). The van der Waals surface area contributed by atoms with Crippen LogP contribution in [-0.4, -0.2) is 5.88 Å². The molecule has 0 radical (unpaired) electrons. The number of halogens is 2. The van der Waals surface area contributed by atoms with Gasteiger partial charge in [-0.25, -0.2) is 0 Å². The van der Waals surface area contributed by atoms with E-state index >= 15 is 0 Å². The molecule has 0 bridgehead atoms. The average Bonchev–Trinajstić information content (AvgIpc) is 2.69. The highest BCUT2D eigenvalue weighted by Crippen LogP contribution is 2.27. The summed E-state index contributed by atoms with van der Waals surface area (Å²) in [7, 11) is 0. The third kappa shape index (κ3) is 12.5. The van der Waals surface area contributed by atoms with Gasteiger partial charge in [-0.2, -0.15) is 0 Å². The number of rotatable bonds is 5. The van der Waals surface area contributed by atoms with Crippen molar-refractivity contribution in [2.24, 2.45) is 5.92 Å². The first kappa shape index (κ1) is 18.0. The molecule has 0 unspecified atom stereocenters. The SMILES string of the molecule is CCCC1CCCC1.CCCCCCl.Cl. The predicted octanol–water partition coefficient (Wildman–Crippen LogP) is 5.81. The zero-order valence-electron chi connectivity index (χ0n) is 10.4. The van der Waals surface area contributed by atoms with Gasteiger partial charge in [-0.05, 0) is 12.3 Å². The van der Waals surface area contributed by atoms with E-state index in [4.69, 9.17) is 11.6 Å². The van der Waals surface area contributed by atoms with Gasteiger partial charge in [-0.1, -0.05) is 65.2 Å². The van der Waals surface area contributed by atoms with Crippen LogP contribution in [0.4, 0.5) is 0 Å². The zero-order valence-corrected chi connectivity index (χ0v) is 12.0. The highest BCUT2D eigenvalue weighted by atomic mass is 35.5. The Kier molecular flexibility index (Phi) is 17.5. The standard InChI is InChI=1S/C8H16.C5H11Cl.ClH/c1-2-5-8-6-3-4-7-8;1-2-3-4-5-6;/h8H,2-7H2,1H3;2-5H2,1H3;1H. The molecule has 0 aromatic heterocycles. The van der Waals surface area contributed by atoms with Gasteiger partial charge in [0.15, 0.2) is 0 Å². The zero-order chi connectivity index (χ0) is 10.6. The summed E-state index contributed by atoms with van der Waals surface area (Å²) in [6.45, 7) is 4.46. The Morgan fingerprint density at radius 2 is 1.60 bits per heavy atom. The van der Waals surface area contributed by atoms with Crippen molar-refractivity contribution < 1.29 is 0 Å². The average molecular weight is 255 g/mol. The van der Waals surface area contributed by atoms with E-state index in [1.54, 1.807) is 0 Å². The molecule has 94 valence electrons. The molecule has 0 spiro atoms. The normalized spacial score (nSPS) is 15.4. The molecule has 0 aromatic rings. The van der Waals surface area contributed by atoms with Crippen LogP contribution in [0.5, 0.6) is 0 Å². The first-order valence-electron chi connectivity index (χ1n) is 6.41. The van der Waals surface area contributed by atoms with E-state index in [9.17, 15) is 0 Å². The van der Waals surface area contributed by atoms with E-state index in [1.807, 2.05) is 0 Å². The van der Waals surface area contributed by atoms with Crippen LogP contribution in [-0.2, 0) is 0 Å². The van der Waals surface area contributed by atoms with Crippen molar-refractivity contribution in [1.29, 1.82) is 0 Å². The van der Waals surface area contributed by atoms with Crippen molar-refractivity contribution in [3.05, 3.63) is 0 Å². The van der Waals surface area contributed by atoms with E-state index < -0.39 is 0 Å². The van der Waals surface area contributed by atoms with Gasteiger partial charge in [0.05, 0.1) is 0 Å². The fourth-order valence-corrected chi connectivity index (χ4v) is 2.24. The fraction of sp³-hybridized carbons (Fsp3) is 1.00. The summed E-state index contributed by atoms with van der Waals surface area (Å²) in [5, 5.41) is 0. The molecule has 1 saturated carbocycles. The Balaban J connectivity index is 0. The highest BCUT2D eigenvalue weighted by molar-refractivity contribution is 6.17. The van der Waals surface area contributed by atoms with Crippen LogP contribution in [0.2, 0.25) is 0 Å². The van der Waals surface area contributed by atoms with Crippen molar-refractivity contribution >= 4 is 24.0 Å². The monoisotopic (exact) mass is 254 g/mol. The van der Waals surface area contributed by atoms with E-state index in [2.05, 4.69) is 13.8 Å². The molecule has 1 aliphatic carbocycles. The van der Waals surface area contributed by atoms with Crippen LogP contribution in [0, 0.1) is 5.92 Å². The second-order valence-electron chi connectivity index (χ2n) is 4.34. The van der Waals surface area contributed by atoms with Crippen LogP contribution >= 0.6 is 24.0 Å². The second kappa shape index (κ2) is 14.6. The van der Waals surface area contributed by atoms with Crippen LogP contribution in [0.25, 0.3) is 0 Å². The summed E-state index contributed by atoms with van der Waals surface area (Å²) >= 11 is 5.38. The minimum Gasteiger partial charge on any atom is -0.147 e. The lowest BCUT2D eigenvalue weighted by Crippen LogP contribution is -1.89. The van der Waals surface area contributed by atoms with E-state index in [0.717, 1.165) is 11.8 Å². The van der Waals surface area contributed by atoms with Crippen LogP contribution in [0.15, 0.2) is 0 Å². The lowest BCUT2D eigenvalue weighted by atomic mass is 10.0. The van der Waals surface area contributed by atoms with Crippen LogP contribution < -0.4 is 0 Å². The molecule has 15 heavy (non-hydrogen) atoms. The summed E-state index contributed by atoms with van der Waals surface area (Å²) in [6.07, 6.45) is 12.7. The maximum absolute atomic E-state index is 5.38. The number of hydrogen-bond donors (Lipinski definition) is 0. The molecule has 0 atom stereocenters. The Morgan fingerprint density at radius 3 is 1.93 bits per heavy atom. The number of unbranched alkanes of at least 4 members (excludes halogenated alkanes) is 2. The molecule has 1 fully saturated rings. The van der Waals surface area contributed by atoms with Gasteiger partial charge in [0.2, 0.25) is 0 Å². The molecule has 2 heteroatoms. The lowest BCUT2D eigenvalue weighted by molar-refractivity contribution is 0.496. The molecular weight excluding hydrogens is 227 g/mol. The highest BCUT2D eigenvalue weighted by Gasteiger charge is 2.12. The van der Waals surface area contributed by atoms with Crippen LogP contribution in [0.1, 0.15) is 71.6 Å². The topological polar surface area (TPSA) is 0 Å². The van der Waals surface area contributed by atoms with Crippen molar-refractivity contribution in [3.8, 4) is 0 Å². The van der Waals surface area contributed by atoms with Gasteiger partial charge in [0.1, 0.15) is 0 Å². The number of hydrogen-bond acceptors (Lipinski definition) is 0. The maximum atomic E-state index is 5.38. The molecule has 0 N–H and O–H groups in total. The van der Waals surface area contributed by atoms with E-state index in [-0.39, 0.29) is 12.4 Å². The van der Waals surface area contributed by atoms with E-state index in [0.29, 0.717) is 0 Å². The summed E-state index contributed by atoms with van der Waals surface area (Å²) in [6, 6.07) is 0. The van der Waals surface area contributed by atoms with Crippen molar-refractivity contribution in [2.45, 2.75) is 71.6 Å². The minimum atomic E-state index is 0. The largest absolute Gasteiger partial charge is 0.147 e. The summed E-state index contributed by atoms with van der Waals surface area (Å²) < 4.78 is 0. The van der Waals surface area contributed by atoms with Gasteiger partial charge in [-0.15, -0.1) is 24.0 Å². The molecule has 0 amide bonds. The lowest BCUT2D eigenvalue weighted by Gasteiger charge is -2.03. The predicted molar refractivity (Wildman–Crippen MR) is 74.4 cm³/mol. The Labute approximate surface area is 108 Å². The molecule has 0 aromatic carbocycles. The van der Waals surface area contributed by atoms with Crippen LogP contribution in [0.3, 0.4) is 0 Å². The van der Waals surface area contributed by atoms with Crippen molar-refractivity contribution in [1.82, 2.24) is 0 Å². The smallest absolute Gasteiger partial charge is 0.0223 e. The number of alkyl halides is 1. The molecule has 1 aliphatic rings.